The Labute approximate surface area is 203 Å². The lowest BCUT2D eigenvalue weighted by atomic mass is 9.88. The van der Waals surface area contributed by atoms with Gasteiger partial charge in [-0.2, -0.15) is 0 Å². The molecule has 0 saturated heterocycles. The number of aromatic nitrogens is 2. The molecular formula is C30H24N4O. The lowest BCUT2D eigenvalue weighted by Crippen LogP contribution is -2.34. The Balaban J connectivity index is 1.57. The molecule has 4 aromatic carbocycles. The van der Waals surface area contributed by atoms with Crippen LogP contribution < -0.4 is 16.0 Å². The molecule has 1 aliphatic carbocycles. The van der Waals surface area contributed by atoms with Gasteiger partial charge in [-0.15, -0.1) is 0 Å². The number of hydrazine groups is 1. The van der Waals surface area contributed by atoms with Gasteiger partial charge in [0.25, 0.3) is 5.56 Å². The fourth-order valence-corrected chi connectivity index (χ4v) is 4.67. The zero-order valence-corrected chi connectivity index (χ0v) is 19.1. The lowest BCUT2D eigenvalue weighted by Gasteiger charge is -2.32. The number of H-pyrrole nitrogens is 1. The van der Waals surface area contributed by atoms with Gasteiger partial charge in [0.1, 0.15) is 5.69 Å². The van der Waals surface area contributed by atoms with Crippen molar-refractivity contribution in [2.24, 2.45) is 0 Å². The highest BCUT2D eigenvalue weighted by Crippen LogP contribution is 2.36. The summed E-state index contributed by atoms with van der Waals surface area (Å²) in [6.45, 7) is 0. The van der Waals surface area contributed by atoms with Gasteiger partial charge in [-0.3, -0.25) is 15.2 Å². The number of para-hydroxylation sites is 4. The minimum atomic E-state index is -0.177. The normalized spacial score (nSPS) is 12.9. The van der Waals surface area contributed by atoms with Crippen molar-refractivity contribution in [2.75, 3.05) is 5.01 Å². The largest absolute Gasteiger partial charge is 0.319 e. The van der Waals surface area contributed by atoms with E-state index >= 15 is 0 Å². The van der Waals surface area contributed by atoms with E-state index in [2.05, 4.69) is 57.9 Å². The van der Waals surface area contributed by atoms with Gasteiger partial charge in [0, 0.05) is 11.1 Å². The van der Waals surface area contributed by atoms with Crippen molar-refractivity contribution < 1.29 is 0 Å². The summed E-state index contributed by atoms with van der Waals surface area (Å²) in [6.07, 6.45) is 1.56. The summed E-state index contributed by atoms with van der Waals surface area (Å²) in [7, 11) is 0. The molecule has 0 aliphatic heterocycles. The molecule has 0 saturated carbocycles. The molecule has 35 heavy (non-hydrogen) atoms. The number of rotatable bonds is 5. The third kappa shape index (κ3) is 3.97. The van der Waals surface area contributed by atoms with E-state index in [0.717, 1.165) is 45.7 Å². The maximum Gasteiger partial charge on any atom is 0.274 e. The molecule has 0 radical (unpaired) electrons. The molecule has 170 valence electrons. The SMILES string of the molecule is O=c1[nH]c2ccccc2nc1C1=C(NN(c2ccccc2)c2ccccc2)c2ccccc2CC1. The van der Waals surface area contributed by atoms with Gasteiger partial charge >= 0.3 is 0 Å². The van der Waals surface area contributed by atoms with Crippen molar-refractivity contribution in [3.8, 4) is 0 Å². The molecule has 0 atom stereocenters. The highest BCUT2D eigenvalue weighted by Gasteiger charge is 2.25. The van der Waals surface area contributed by atoms with Crippen molar-refractivity contribution in [3.05, 3.63) is 136 Å². The van der Waals surface area contributed by atoms with E-state index in [1.54, 1.807) is 0 Å². The van der Waals surface area contributed by atoms with Crippen LogP contribution in [0.3, 0.4) is 0 Å². The third-order valence-corrected chi connectivity index (χ3v) is 6.37. The zero-order chi connectivity index (χ0) is 23.6. The van der Waals surface area contributed by atoms with Crippen molar-refractivity contribution in [2.45, 2.75) is 12.8 Å². The number of nitrogens with zero attached hydrogens (tertiary/aromatic N) is 2. The summed E-state index contributed by atoms with van der Waals surface area (Å²) < 4.78 is 0. The van der Waals surface area contributed by atoms with E-state index in [4.69, 9.17) is 4.98 Å². The number of aryl methyl sites for hydroxylation is 1. The van der Waals surface area contributed by atoms with Gasteiger partial charge < -0.3 is 4.98 Å². The van der Waals surface area contributed by atoms with Gasteiger partial charge in [0.15, 0.2) is 0 Å². The highest BCUT2D eigenvalue weighted by atomic mass is 16.1. The van der Waals surface area contributed by atoms with Crippen molar-refractivity contribution in [1.29, 1.82) is 0 Å². The van der Waals surface area contributed by atoms with E-state index in [1.807, 2.05) is 66.7 Å². The van der Waals surface area contributed by atoms with E-state index in [1.165, 1.54) is 5.56 Å². The van der Waals surface area contributed by atoms with Crippen LogP contribution in [0.1, 0.15) is 23.2 Å². The van der Waals surface area contributed by atoms with Crippen molar-refractivity contribution in [1.82, 2.24) is 15.4 Å². The first kappa shape index (κ1) is 20.9. The van der Waals surface area contributed by atoms with Crippen LogP contribution in [-0.4, -0.2) is 9.97 Å². The lowest BCUT2D eigenvalue weighted by molar-refractivity contribution is 0.876. The van der Waals surface area contributed by atoms with Crippen LogP contribution in [0.5, 0.6) is 0 Å². The monoisotopic (exact) mass is 456 g/mol. The molecular weight excluding hydrogens is 432 g/mol. The van der Waals surface area contributed by atoms with Crippen LogP contribution in [-0.2, 0) is 6.42 Å². The molecule has 0 fully saturated rings. The molecule has 0 spiro atoms. The molecule has 5 nitrogen and oxygen atoms in total. The van der Waals surface area contributed by atoms with Gasteiger partial charge in [-0.25, -0.2) is 4.98 Å². The highest BCUT2D eigenvalue weighted by molar-refractivity contribution is 5.93. The minimum Gasteiger partial charge on any atom is -0.319 e. The van der Waals surface area contributed by atoms with E-state index < -0.39 is 0 Å². The molecule has 1 aliphatic rings. The van der Waals surface area contributed by atoms with E-state index in [-0.39, 0.29) is 5.56 Å². The number of aromatic amines is 1. The molecule has 6 rings (SSSR count). The Morgan fingerprint density at radius 1 is 0.714 bits per heavy atom. The fourth-order valence-electron chi connectivity index (χ4n) is 4.67. The second-order valence-corrected chi connectivity index (χ2v) is 8.56. The molecule has 1 aromatic heterocycles. The van der Waals surface area contributed by atoms with Crippen LogP contribution >= 0.6 is 0 Å². The van der Waals surface area contributed by atoms with Crippen molar-refractivity contribution >= 4 is 33.7 Å². The quantitative estimate of drug-likeness (QED) is 0.315. The number of anilines is 2. The Hall–Kier alpha value is -4.64. The predicted octanol–water partition coefficient (Wildman–Crippen LogP) is 6.08. The number of fused-ring (bicyclic) bond motifs is 2. The number of benzene rings is 4. The summed E-state index contributed by atoms with van der Waals surface area (Å²) in [5.41, 5.74) is 11.6. The van der Waals surface area contributed by atoms with Gasteiger partial charge in [0.2, 0.25) is 0 Å². The van der Waals surface area contributed by atoms with Crippen LogP contribution in [0, 0.1) is 0 Å². The number of nitrogens with one attached hydrogen (secondary N) is 2. The summed E-state index contributed by atoms with van der Waals surface area (Å²) in [5.74, 6) is 0. The first-order chi connectivity index (χ1) is 17.3. The van der Waals surface area contributed by atoms with E-state index in [9.17, 15) is 4.79 Å². The average molecular weight is 457 g/mol. The summed E-state index contributed by atoms with van der Waals surface area (Å²) in [5, 5.41) is 2.06. The van der Waals surface area contributed by atoms with Crippen LogP contribution in [0.4, 0.5) is 11.4 Å². The summed E-state index contributed by atoms with van der Waals surface area (Å²) >= 11 is 0. The van der Waals surface area contributed by atoms with Crippen LogP contribution in [0.15, 0.2) is 114 Å². The molecule has 5 aromatic rings. The predicted molar refractivity (Wildman–Crippen MR) is 142 cm³/mol. The Morgan fingerprint density at radius 3 is 2.09 bits per heavy atom. The molecule has 0 amide bonds. The smallest absolute Gasteiger partial charge is 0.274 e. The van der Waals surface area contributed by atoms with Crippen molar-refractivity contribution in [3.63, 3.8) is 0 Å². The Morgan fingerprint density at radius 2 is 1.34 bits per heavy atom. The Kier molecular flexibility index (Phi) is 5.35. The fraction of sp³-hybridized carbons (Fsp3) is 0.0667. The van der Waals surface area contributed by atoms with Crippen LogP contribution in [0.2, 0.25) is 0 Å². The Bertz CT molecular complexity index is 1550. The molecule has 2 N–H and O–H groups in total. The first-order valence-electron chi connectivity index (χ1n) is 11.8. The average Bonchev–Trinajstić information content (AvgIpc) is 2.92. The minimum absolute atomic E-state index is 0.177. The van der Waals surface area contributed by atoms with Gasteiger partial charge in [0.05, 0.1) is 28.1 Å². The second kappa shape index (κ2) is 8.95. The molecule has 0 bridgehead atoms. The van der Waals surface area contributed by atoms with Crippen LogP contribution in [0.25, 0.3) is 22.3 Å². The first-order valence-corrected chi connectivity index (χ1v) is 11.8. The second-order valence-electron chi connectivity index (χ2n) is 8.56. The standard InChI is InChI=1S/C30H24N4O/c35-30-29(31-26-17-9-10-18-27(26)32-30)25-20-19-21-11-7-8-16-24(21)28(25)33-34(22-12-3-1-4-13-22)23-14-5-2-6-15-23/h1-18,33H,19-20H2,(H,32,35). The topological polar surface area (TPSA) is 61.0 Å². The molecule has 5 heteroatoms. The van der Waals surface area contributed by atoms with Gasteiger partial charge in [-0.1, -0.05) is 72.8 Å². The summed E-state index contributed by atoms with van der Waals surface area (Å²) in [4.78, 5) is 21.1. The number of allylic oxidation sites excluding steroid dienone is 1. The maximum atomic E-state index is 13.2. The molecule has 1 heterocycles. The molecule has 0 unspecified atom stereocenters. The maximum absolute atomic E-state index is 13.2. The van der Waals surface area contributed by atoms with Gasteiger partial charge in [-0.05, 0) is 54.8 Å². The summed E-state index contributed by atoms with van der Waals surface area (Å²) in [6, 6.07) is 36.4. The number of hydrogen-bond acceptors (Lipinski definition) is 4. The number of hydrogen-bond donors (Lipinski definition) is 2. The van der Waals surface area contributed by atoms with E-state index in [0.29, 0.717) is 12.1 Å². The zero-order valence-electron chi connectivity index (χ0n) is 19.1. The third-order valence-electron chi connectivity index (χ3n) is 6.37.